The Morgan fingerprint density at radius 2 is 1.88 bits per heavy atom. The van der Waals surface area contributed by atoms with E-state index in [4.69, 9.17) is 4.42 Å². The van der Waals surface area contributed by atoms with Crippen LogP contribution in [0.1, 0.15) is 48.8 Å². The van der Waals surface area contributed by atoms with Crippen molar-refractivity contribution < 1.29 is 14.6 Å². The highest BCUT2D eigenvalue weighted by molar-refractivity contribution is 5.83. The Labute approximate surface area is 150 Å². The van der Waals surface area contributed by atoms with Crippen LogP contribution >= 0.6 is 0 Å². The van der Waals surface area contributed by atoms with Gasteiger partial charge in [0, 0.05) is 29.9 Å². The number of fused-ring (bicyclic) bond motifs is 1. The molecule has 1 aliphatic rings. The Hall–Kier alpha value is -1.65. The SMILES string of the molecule is Cc1ccc2c(C[NH2+]CC3([NH+](C)C)CCCCC3)cc(=O)oc2c1C. The second-order valence-corrected chi connectivity index (χ2v) is 8.01. The van der Waals surface area contributed by atoms with Crippen molar-refractivity contribution in [2.24, 2.45) is 0 Å². The van der Waals surface area contributed by atoms with E-state index in [0.29, 0.717) is 5.54 Å². The zero-order valence-corrected chi connectivity index (χ0v) is 16.1. The number of aryl methyl sites for hydroxylation is 2. The summed E-state index contributed by atoms with van der Waals surface area (Å²) in [4.78, 5) is 13.6. The van der Waals surface area contributed by atoms with Crippen molar-refractivity contribution in [3.05, 3.63) is 45.3 Å². The molecule has 0 radical (unpaired) electrons. The summed E-state index contributed by atoms with van der Waals surface area (Å²) in [7, 11) is 4.58. The van der Waals surface area contributed by atoms with Crippen molar-refractivity contribution in [2.45, 2.75) is 58.0 Å². The first-order valence-corrected chi connectivity index (χ1v) is 9.58. The fourth-order valence-corrected chi connectivity index (χ4v) is 4.33. The molecule has 3 rings (SSSR count). The van der Waals surface area contributed by atoms with Gasteiger partial charge in [0.2, 0.25) is 0 Å². The standard InChI is InChI=1S/C21H30N2O2/c1-15-8-9-18-17(12-19(24)25-20(18)16(15)2)13-22-14-21(23(3)4)10-6-5-7-11-21/h8-9,12,22H,5-7,10-11,13-14H2,1-4H3/p+2. The molecule has 4 heteroatoms. The van der Waals surface area contributed by atoms with Crippen LogP contribution in [0.5, 0.6) is 0 Å². The maximum Gasteiger partial charge on any atom is 0.336 e. The van der Waals surface area contributed by atoms with E-state index in [9.17, 15) is 4.79 Å². The molecular formula is C21H32N2O2+2. The van der Waals surface area contributed by atoms with Crippen LogP contribution < -0.4 is 15.8 Å². The maximum atomic E-state index is 12.0. The molecule has 0 saturated heterocycles. The van der Waals surface area contributed by atoms with Gasteiger partial charge in [-0.1, -0.05) is 18.6 Å². The van der Waals surface area contributed by atoms with E-state index in [-0.39, 0.29) is 5.63 Å². The summed E-state index contributed by atoms with van der Waals surface area (Å²) in [6, 6.07) is 5.88. The van der Waals surface area contributed by atoms with Crippen LogP contribution in [0.3, 0.4) is 0 Å². The quantitative estimate of drug-likeness (QED) is 0.804. The predicted octanol–water partition coefficient (Wildman–Crippen LogP) is 1.32. The van der Waals surface area contributed by atoms with Crippen LogP contribution in [0.15, 0.2) is 27.4 Å². The number of hydrogen-bond donors (Lipinski definition) is 2. The second kappa shape index (κ2) is 7.30. The molecule has 1 fully saturated rings. The minimum atomic E-state index is -0.241. The topological polar surface area (TPSA) is 51.3 Å². The van der Waals surface area contributed by atoms with Gasteiger partial charge in [0.1, 0.15) is 24.2 Å². The average Bonchev–Trinajstić information content (AvgIpc) is 2.59. The lowest BCUT2D eigenvalue weighted by Crippen LogP contribution is -3.19. The predicted molar refractivity (Wildman–Crippen MR) is 101 cm³/mol. The molecule has 0 bridgehead atoms. The normalized spacial score (nSPS) is 17.3. The van der Waals surface area contributed by atoms with Gasteiger partial charge in [-0.05, 0) is 37.8 Å². The van der Waals surface area contributed by atoms with Crippen molar-refractivity contribution in [3.8, 4) is 0 Å². The first-order valence-electron chi connectivity index (χ1n) is 9.58. The molecule has 3 N–H and O–H groups in total. The first-order chi connectivity index (χ1) is 11.9. The number of nitrogens with two attached hydrogens (primary N) is 1. The van der Waals surface area contributed by atoms with Gasteiger partial charge in [-0.15, -0.1) is 0 Å². The third-order valence-corrected chi connectivity index (χ3v) is 6.29. The van der Waals surface area contributed by atoms with E-state index >= 15 is 0 Å². The summed E-state index contributed by atoms with van der Waals surface area (Å²) in [5, 5.41) is 3.47. The van der Waals surface area contributed by atoms with Crippen molar-refractivity contribution in [1.29, 1.82) is 0 Å². The van der Waals surface area contributed by atoms with Crippen LogP contribution in [-0.4, -0.2) is 26.2 Å². The summed E-state index contributed by atoms with van der Waals surface area (Å²) in [5.74, 6) is 0. The lowest BCUT2D eigenvalue weighted by molar-refractivity contribution is -0.935. The Kier molecular flexibility index (Phi) is 5.30. The van der Waals surface area contributed by atoms with Crippen LogP contribution in [0.25, 0.3) is 11.0 Å². The second-order valence-electron chi connectivity index (χ2n) is 8.01. The van der Waals surface area contributed by atoms with Crippen molar-refractivity contribution in [2.75, 3.05) is 20.6 Å². The first kappa shape index (κ1) is 18.2. The van der Waals surface area contributed by atoms with Gasteiger partial charge in [-0.25, -0.2) is 4.79 Å². The number of rotatable bonds is 5. The lowest BCUT2D eigenvalue weighted by atomic mass is 9.80. The minimum Gasteiger partial charge on any atom is -0.422 e. The van der Waals surface area contributed by atoms with Gasteiger partial charge in [-0.2, -0.15) is 0 Å². The molecule has 1 aromatic carbocycles. The Morgan fingerprint density at radius 1 is 1.16 bits per heavy atom. The Morgan fingerprint density at radius 3 is 2.56 bits per heavy atom. The van der Waals surface area contributed by atoms with E-state index in [2.05, 4.69) is 38.5 Å². The summed E-state index contributed by atoms with van der Waals surface area (Å²) < 4.78 is 5.49. The molecule has 0 spiro atoms. The third kappa shape index (κ3) is 3.65. The van der Waals surface area contributed by atoms with Gasteiger partial charge in [0.15, 0.2) is 0 Å². The number of quaternary nitrogens is 2. The molecule has 136 valence electrons. The minimum absolute atomic E-state index is 0.241. The van der Waals surface area contributed by atoms with E-state index < -0.39 is 0 Å². The lowest BCUT2D eigenvalue weighted by Gasteiger charge is -2.38. The van der Waals surface area contributed by atoms with Crippen LogP contribution in [-0.2, 0) is 6.54 Å². The summed E-state index contributed by atoms with van der Waals surface area (Å²) in [6.45, 7) is 6.03. The Balaban J connectivity index is 1.81. The van der Waals surface area contributed by atoms with Crippen molar-refractivity contribution in [1.82, 2.24) is 0 Å². The molecule has 1 saturated carbocycles. The van der Waals surface area contributed by atoms with E-state index in [0.717, 1.165) is 40.7 Å². The van der Waals surface area contributed by atoms with Crippen molar-refractivity contribution in [3.63, 3.8) is 0 Å². The van der Waals surface area contributed by atoms with Gasteiger partial charge >= 0.3 is 5.63 Å². The van der Waals surface area contributed by atoms with Gasteiger partial charge in [-0.3, -0.25) is 0 Å². The molecule has 0 aliphatic heterocycles. The smallest absolute Gasteiger partial charge is 0.336 e. The van der Waals surface area contributed by atoms with Crippen molar-refractivity contribution >= 4 is 11.0 Å². The molecule has 2 aromatic rings. The number of nitrogens with one attached hydrogen (secondary N) is 1. The van der Waals surface area contributed by atoms with Crippen LogP contribution in [0.2, 0.25) is 0 Å². The largest absolute Gasteiger partial charge is 0.422 e. The highest BCUT2D eigenvalue weighted by Gasteiger charge is 2.39. The highest BCUT2D eigenvalue weighted by Crippen LogP contribution is 2.25. The zero-order chi connectivity index (χ0) is 18.0. The molecular weight excluding hydrogens is 312 g/mol. The monoisotopic (exact) mass is 344 g/mol. The highest BCUT2D eigenvalue weighted by atomic mass is 16.4. The molecule has 25 heavy (non-hydrogen) atoms. The fourth-order valence-electron chi connectivity index (χ4n) is 4.33. The average molecular weight is 344 g/mol. The van der Waals surface area contributed by atoms with Crippen LogP contribution in [0, 0.1) is 13.8 Å². The summed E-state index contributed by atoms with van der Waals surface area (Å²) in [5.41, 5.74) is 4.21. The van der Waals surface area contributed by atoms with Gasteiger partial charge in [0.25, 0.3) is 0 Å². The maximum absolute atomic E-state index is 12.0. The molecule has 0 unspecified atom stereocenters. The van der Waals surface area contributed by atoms with E-state index in [1.54, 1.807) is 11.0 Å². The molecule has 0 amide bonds. The Bertz CT molecular complexity index is 801. The zero-order valence-electron chi connectivity index (χ0n) is 16.1. The molecule has 0 atom stereocenters. The van der Waals surface area contributed by atoms with E-state index in [1.807, 2.05) is 6.92 Å². The van der Waals surface area contributed by atoms with Crippen LogP contribution in [0.4, 0.5) is 0 Å². The van der Waals surface area contributed by atoms with E-state index in [1.165, 1.54) is 32.1 Å². The number of benzene rings is 1. The van der Waals surface area contributed by atoms with Gasteiger partial charge in [0.05, 0.1) is 14.1 Å². The molecule has 4 nitrogen and oxygen atoms in total. The molecule has 1 heterocycles. The summed E-state index contributed by atoms with van der Waals surface area (Å²) >= 11 is 0. The van der Waals surface area contributed by atoms with Gasteiger partial charge < -0.3 is 14.6 Å². The third-order valence-electron chi connectivity index (χ3n) is 6.29. The molecule has 1 aliphatic carbocycles. The fraction of sp³-hybridized carbons (Fsp3) is 0.571. The summed E-state index contributed by atoms with van der Waals surface area (Å²) in [6.07, 6.45) is 6.67. The number of likely N-dealkylation sites (N-methyl/N-ethyl adjacent to an activating group) is 1. The number of hydrogen-bond acceptors (Lipinski definition) is 2. The molecule has 1 aromatic heterocycles.